The van der Waals surface area contributed by atoms with E-state index in [2.05, 4.69) is 5.32 Å². The van der Waals surface area contributed by atoms with Crippen LogP contribution in [0.2, 0.25) is 0 Å². The highest BCUT2D eigenvalue weighted by Gasteiger charge is 2.55. The molecular weight excluding hydrogens is 328 g/mol. The maximum atomic E-state index is 13.0. The Morgan fingerprint density at radius 1 is 1.23 bits per heavy atom. The van der Waals surface area contributed by atoms with Gasteiger partial charge in [-0.25, -0.2) is 4.79 Å². The lowest BCUT2D eigenvalue weighted by Crippen LogP contribution is -2.54. The van der Waals surface area contributed by atoms with Crippen LogP contribution in [0.4, 0.5) is 4.79 Å². The van der Waals surface area contributed by atoms with Crippen LogP contribution >= 0.6 is 0 Å². The second-order valence-electron chi connectivity index (χ2n) is 7.56. The number of aryl methyl sites for hydroxylation is 2. The molecule has 1 aromatic rings. The van der Waals surface area contributed by atoms with E-state index >= 15 is 0 Å². The van der Waals surface area contributed by atoms with Gasteiger partial charge in [-0.05, 0) is 48.8 Å². The predicted octanol–water partition coefficient (Wildman–Crippen LogP) is 3.49. The van der Waals surface area contributed by atoms with Gasteiger partial charge in [0.25, 0.3) is 5.91 Å². The Labute approximate surface area is 155 Å². The molecule has 2 unspecified atom stereocenters. The molecule has 0 aromatic heterocycles. The molecule has 140 valence electrons. The number of Topliss-reactive ketones (excluding diaryl/α,β-unsaturated/α-hetero) is 1. The van der Waals surface area contributed by atoms with Crippen molar-refractivity contribution >= 4 is 17.7 Å². The highest BCUT2D eigenvalue weighted by molar-refractivity contribution is 6.11. The molecule has 1 aliphatic carbocycles. The van der Waals surface area contributed by atoms with Crippen molar-refractivity contribution in [3.05, 3.63) is 34.9 Å². The molecule has 1 saturated carbocycles. The lowest BCUT2D eigenvalue weighted by molar-refractivity contribution is -0.133. The summed E-state index contributed by atoms with van der Waals surface area (Å²) in [7, 11) is 0. The number of carbonyl (C=O) groups is 3. The van der Waals surface area contributed by atoms with Crippen LogP contribution in [0.3, 0.4) is 0 Å². The number of rotatable bonds is 5. The van der Waals surface area contributed by atoms with E-state index in [1.54, 1.807) is 0 Å². The molecule has 26 heavy (non-hydrogen) atoms. The van der Waals surface area contributed by atoms with Crippen LogP contribution in [-0.2, 0) is 17.6 Å². The van der Waals surface area contributed by atoms with E-state index in [0.29, 0.717) is 12.0 Å². The van der Waals surface area contributed by atoms with Gasteiger partial charge < -0.3 is 5.32 Å². The zero-order valence-electron chi connectivity index (χ0n) is 15.9. The topological polar surface area (TPSA) is 66.5 Å². The molecule has 0 bridgehead atoms. The highest BCUT2D eigenvalue weighted by Crippen LogP contribution is 2.38. The summed E-state index contributed by atoms with van der Waals surface area (Å²) in [6.45, 7) is 5.88. The van der Waals surface area contributed by atoms with Crippen LogP contribution in [0, 0.1) is 5.92 Å². The summed E-state index contributed by atoms with van der Waals surface area (Å²) < 4.78 is 0. The first-order chi connectivity index (χ1) is 12.4. The van der Waals surface area contributed by atoms with Crippen molar-refractivity contribution in [2.75, 3.05) is 6.54 Å². The Morgan fingerprint density at radius 3 is 2.65 bits per heavy atom. The van der Waals surface area contributed by atoms with Crippen LogP contribution in [0.5, 0.6) is 0 Å². The Hall–Kier alpha value is -2.17. The normalized spacial score (nSPS) is 25.7. The van der Waals surface area contributed by atoms with Gasteiger partial charge >= 0.3 is 6.03 Å². The van der Waals surface area contributed by atoms with Crippen molar-refractivity contribution in [2.24, 2.45) is 5.92 Å². The SMILES string of the molecule is CCc1ccc(CC)c(C(=O)CN2C(=O)NC3(CCCCC3C)C2=O)c1. The number of urea groups is 1. The molecule has 1 aromatic carbocycles. The highest BCUT2D eigenvalue weighted by atomic mass is 16.2. The molecule has 1 heterocycles. The summed E-state index contributed by atoms with van der Waals surface area (Å²) in [6.07, 6.45) is 5.17. The number of nitrogens with zero attached hydrogens (tertiary/aromatic N) is 1. The molecule has 5 nitrogen and oxygen atoms in total. The molecule has 1 spiro atoms. The van der Waals surface area contributed by atoms with Gasteiger partial charge in [-0.15, -0.1) is 0 Å². The van der Waals surface area contributed by atoms with Crippen molar-refractivity contribution in [3.8, 4) is 0 Å². The molecule has 3 rings (SSSR count). The first-order valence-electron chi connectivity index (χ1n) is 9.72. The average Bonchev–Trinajstić information content (AvgIpc) is 2.88. The fourth-order valence-corrected chi connectivity index (χ4v) is 4.28. The minimum absolute atomic E-state index is 0.0995. The predicted molar refractivity (Wildman–Crippen MR) is 100 cm³/mol. The third-order valence-electron chi connectivity index (χ3n) is 6.07. The lowest BCUT2D eigenvalue weighted by Gasteiger charge is -2.36. The number of benzene rings is 1. The largest absolute Gasteiger partial charge is 0.325 e. The van der Waals surface area contributed by atoms with E-state index in [9.17, 15) is 14.4 Å². The number of amides is 3. The van der Waals surface area contributed by atoms with Crippen molar-refractivity contribution < 1.29 is 14.4 Å². The Bertz CT molecular complexity index is 743. The summed E-state index contributed by atoms with van der Waals surface area (Å²) in [6, 6.07) is 5.48. The van der Waals surface area contributed by atoms with Crippen molar-refractivity contribution in [3.63, 3.8) is 0 Å². The lowest BCUT2D eigenvalue weighted by atomic mass is 9.73. The van der Waals surface area contributed by atoms with Gasteiger partial charge in [0.05, 0.1) is 6.54 Å². The molecule has 2 aliphatic rings. The van der Waals surface area contributed by atoms with E-state index in [1.165, 1.54) is 0 Å². The minimum Gasteiger partial charge on any atom is -0.323 e. The van der Waals surface area contributed by atoms with Gasteiger partial charge in [-0.2, -0.15) is 0 Å². The molecule has 2 fully saturated rings. The quantitative estimate of drug-likeness (QED) is 0.649. The number of ketones is 1. The monoisotopic (exact) mass is 356 g/mol. The first-order valence-corrected chi connectivity index (χ1v) is 9.72. The Balaban J connectivity index is 1.84. The van der Waals surface area contributed by atoms with E-state index < -0.39 is 11.6 Å². The van der Waals surface area contributed by atoms with Crippen molar-refractivity contribution in [2.45, 2.75) is 64.8 Å². The summed E-state index contributed by atoms with van der Waals surface area (Å²) >= 11 is 0. The zero-order chi connectivity index (χ0) is 18.9. The van der Waals surface area contributed by atoms with E-state index in [4.69, 9.17) is 0 Å². The molecule has 1 saturated heterocycles. The molecule has 1 aliphatic heterocycles. The second-order valence-corrected chi connectivity index (χ2v) is 7.56. The van der Waals surface area contributed by atoms with E-state index in [-0.39, 0.29) is 24.2 Å². The standard InChI is InChI=1S/C21H28N2O3/c1-4-15-9-10-16(5-2)17(12-15)18(24)13-23-19(25)21(22-20(23)26)11-7-6-8-14(21)3/h9-10,12,14H,4-8,11,13H2,1-3H3,(H,22,26). The van der Waals surface area contributed by atoms with Gasteiger partial charge in [0.1, 0.15) is 5.54 Å². The number of carbonyl (C=O) groups excluding carboxylic acids is 3. The smallest absolute Gasteiger partial charge is 0.323 e. The number of nitrogens with one attached hydrogen (secondary N) is 1. The molecular formula is C21H28N2O3. The summed E-state index contributed by atoms with van der Waals surface area (Å²) in [5.41, 5.74) is 1.86. The fraction of sp³-hybridized carbons (Fsp3) is 0.571. The van der Waals surface area contributed by atoms with Gasteiger partial charge in [0.2, 0.25) is 0 Å². The average molecular weight is 356 g/mol. The van der Waals surface area contributed by atoms with Crippen LogP contribution < -0.4 is 5.32 Å². The van der Waals surface area contributed by atoms with Crippen molar-refractivity contribution in [1.82, 2.24) is 10.2 Å². The van der Waals surface area contributed by atoms with Crippen LogP contribution in [0.1, 0.15) is 67.9 Å². The second kappa shape index (κ2) is 7.22. The van der Waals surface area contributed by atoms with Crippen LogP contribution in [0.25, 0.3) is 0 Å². The Kier molecular flexibility index (Phi) is 5.17. The number of imide groups is 1. The third-order valence-corrected chi connectivity index (χ3v) is 6.07. The van der Waals surface area contributed by atoms with Crippen LogP contribution in [-0.4, -0.2) is 34.7 Å². The van der Waals surface area contributed by atoms with Crippen molar-refractivity contribution in [1.29, 1.82) is 0 Å². The first kappa shape index (κ1) is 18.6. The van der Waals surface area contributed by atoms with Gasteiger partial charge in [0, 0.05) is 5.56 Å². The van der Waals surface area contributed by atoms with Gasteiger partial charge in [-0.1, -0.05) is 45.7 Å². The fourth-order valence-electron chi connectivity index (χ4n) is 4.28. The maximum Gasteiger partial charge on any atom is 0.325 e. The summed E-state index contributed by atoms with van der Waals surface area (Å²) in [4.78, 5) is 39.6. The third kappa shape index (κ3) is 3.04. The van der Waals surface area contributed by atoms with E-state index in [1.807, 2.05) is 39.0 Å². The summed E-state index contributed by atoms with van der Waals surface area (Å²) in [5, 5.41) is 2.91. The molecule has 3 amide bonds. The molecule has 5 heteroatoms. The van der Waals surface area contributed by atoms with E-state index in [0.717, 1.165) is 48.1 Å². The number of hydrogen-bond donors (Lipinski definition) is 1. The summed E-state index contributed by atoms with van der Waals surface area (Å²) in [5.74, 6) is -0.295. The Morgan fingerprint density at radius 2 is 2.00 bits per heavy atom. The molecule has 0 radical (unpaired) electrons. The minimum atomic E-state index is -0.811. The van der Waals surface area contributed by atoms with Gasteiger partial charge in [0.15, 0.2) is 5.78 Å². The number of hydrogen-bond acceptors (Lipinski definition) is 3. The maximum absolute atomic E-state index is 13.0. The van der Waals surface area contributed by atoms with Gasteiger partial charge in [-0.3, -0.25) is 14.5 Å². The zero-order valence-corrected chi connectivity index (χ0v) is 15.9. The van der Waals surface area contributed by atoms with Crippen LogP contribution in [0.15, 0.2) is 18.2 Å². The molecule has 2 atom stereocenters. The molecule has 1 N–H and O–H groups in total.